The smallest absolute Gasteiger partial charge is 0.308 e. The van der Waals surface area contributed by atoms with Gasteiger partial charge in [-0.05, 0) is 37.0 Å². The molecule has 6 rings (SSSR count). The Balaban J connectivity index is 1.15. The van der Waals surface area contributed by atoms with E-state index in [4.69, 9.17) is 4.74 Å². The van der Waals surface area contributed by atoms with Crippen LogP contribution in [0.25, 0.3) is 0 Å². The van der Waals surface area contributed by atoms with Crippen molar-refractivity contribution < 1.29 is 23.9 Å². The summed E-state index contributed by atoms with van der Waals surface area (Å²) in [5.74, 6) is -0.181. The number of allylic oxidation sites excluding steroid dienone is 2. The van der Waals surface area contributed by atoms with E-state index in [1.54, 1.807) is 12.1 Å². The summed E-state index contributed by atoms with van der Waals surface area (Å²) in [4.78, 5) is 51.2. The zero-order chi connectivity index (χ0) is 20.3. The minimum absolute atomic E-state index is 0.0248. The van der Waals surface area contributed by atoms with Crippen LogP contribution in [-0.2, 0) is 19.1 Å². The molecule has 1 saturated heterocycles. The maximum atomic E-state index is 12.9. The van der Waals surface area contributed by atoms with Gasteiger partial charge in [0.15, 0.2) is 12.4 Å². The van der Waals surface area contributed by atoms with Crippen LogP contribution in [0.5, 0.6) is 0 Å². The lowest BCUT2D eigenvalue weighted by molar-refractivity contribution is -0.145. The standard InChI is InChI=1S/C23H23NO5/c1-12-2-4-13(5-3-12)18(25)11-29-19(26)8-9-24-22(27)20-14-6-7-15(17-10-16(14)17)21(20)23(24)28/h2-7,14-17,20-21H,8-11H2,1H3/t14-,15-,16-,17+,20+,21+/m0/s1. The molecule has 1 aromatic rings. The Labute approximate surface area is 168 Å². The van der Waals surface area contributed by atoms with Crippen molar-refractivity contribution in [1.82, 2.24) is 4.90 Å². The highest BCUT2D eigenvalue weighted by Crippen LogP contribution is 2.65. The van der Waals surface area contributed by atoms with Crippen LogP contribution in [0.3, 0.4) is 0 Å². The van der Waals surface area contributed by atoms with Crippen molar-refractivity contribution >= 4 is 23.6 Å². The molecule has 5 aliphatic rings. The molecule has 2 bridgehead atoms. The number of carbonyl (C=O) groups is 4. The number of esters is 1. The number of Topliss-reactive ketones (excluding diaryl/α,β-unsaturated/α-hetero) is 1. The SMILES string of the molecule is Cc1ccc(C(=O)COC(=O)CCN2C(=O)[C@@H]3[C@H]4C=C[C@@H]([C@@H]5C[C@H]45)[C@H]3C2=O)cc1. The number of nitrogens with zero attached hydrogens (tertiary/aromatic N) is 1. The number of ketones is 1. The Morgan fingerprint density at radius 2 is 1.59 bits per heavy atom. The van der Waals surface area contributed by atoms with Gasteiger partial charge >= 0.3 is 5.97 Å². The van der Waals surface area contributed by atoms with Crippen LogP contribution >= 0.6 is 0 Å². The van der Waals surface area contributed by atoms with E-state index in [2.05, 4.69) is 12.2 Å². The zero-order valence-corrected chi connectivity index (χ0v) is 16.2. The normalized spacial score (nSPS) is 33.5. The van der Waals surface area contributed by atoms with Crippen molar-refractivity contribution in [3.8, 4) is 0 Å². The molecule has 1 aromatic carbocycles. The molecule has 3 fully saturated rings. The second-order valence-electron chi connectivity index (χ2n) is 8.68. The van der Waals surface area contributed by atoms with E-state index < -0.39 is 5.97 Å². The van der Waals surface area contributed by atoms with Crippen LogP contribution in [0, 0.1) is 42.4 Å². The van der Waals surface area contributed by atoms with Gasteiger partial charge in [0.25, 0.3) is 0 Å². The van der Waals surface area contributed by atoms with Crippen molar-refractivity contribution in [3.05, 3.63) is 47.5 Å². The first-order valence-corrected chi connectivity index (χ1v) is 10.2. The number of imide groups is 1. The van der Waals surface area contributed by atoms with E-state index in [-0.39, 0.29) is 60.8 Å². The van der Waals surface area contributed by atoms with Gasteiger partial charge in [0.1, 0.15) is 0 Å². The lowest BCUT2D eigenvalue weighted by atomic mass is 9.63. The molecule has 0 unspecified atom stereocenters. The first-order valence-electron chi connectivity index (χ1n) is 10.2. The van der Waals surface area contributed by atoms with Gasteiger partial charge in [-0.2, -0.15) is 0 Å². The van der Waals surface area contributed by atoms with E-state index in [9.17, 15) is 19.2 Å². The number of rotatable bonds is 6. The van der Waals surface area contributed by atoms with Crippen LogP contribution in [0.15, 0.2) is 36.4 Å². The van der Waals surface area contributed by atoms with E-state index in [1.165, 1.54) is 4.90 Å². The highest BCUT2D eigenvalue weighted by Gasteiger charge is 2.66. The van der Waals surface area contributed by atoms with Crippen LogP contribution in [0.2, 0.25) is 0 Å². The molecule has 0 aromatic heterocycles. The van der Waals surface area contributed by atoms with Gasteiger partial charge < -0.3 is 4.74 Å². The molecular weight excluding hydrogens is 370 g/mol. The number of carbonyl (C=O) groups excluding carboxylic acids is 4. The van der Waals surface area contributed by atoms with Gasteiger partial charge in [-0.25, -0.2) is 0 Å². The number of hydrogen-bond donors (Lipinski definition) is 0. The Hall–Kier alpha value is -2.76. The topological polar surface area (TPSA) is 80.8 Å². The molecule has 0 radical (unpaired) electrons. The summed E-state index contributed by atoms with van der Waals surface area (Å²) >= 11 is 0. The quantitative estimate of drug-likeness (QED) is 0.320. The summed E-state index contributed by atoms with van der Waals surface area (Å²) in [5, 5.41) is 0. The molecule has 6 heteroatoms. The number of benzene rings is 1. The van der Waals surface area contributed by atoms with E-state index in [1.807, 2.05) is 19.1 Å². The minimum atomic E-state index is -0.579. The molecule has 6 atom stereocenters. The predicted octanol–water partition coefficient (Wildman–Crippen LogP) is 2.16. The first-order chi connectivity index (χ1) is 14.0. The molecule has 29 heavy (non-hydrogen) atoms. The lowest BCUT2D eigenvalue weighted by Crippen LogP contribution is -2.40. The highest BCUT2D eigenvalue weighted by molar-refractivity contribution is 6.06. The van der Waals surface area contributed by atoms with Crippen LogP contribution < -0.4 is 0 Å². The maximum Gasteiger partial charge on any atom is 0.308 e. The van der Waals surface area contributed by atoms with Gasteiger partial charge in [-0.1, -0.05) is 42.0 Å². The average molecular weight is 393 g/mol. The summed E-state index contributed by atoms with van der Waals surface area (Å²) in [6, 6.07) is 7.04. The van der Waals surface area contributed by atoms with E-state index in [0.717, 1.165) is 12.0 Å². The van der Waals surface area contributed by atoms with Crippen LogP contribution in [-0.4, -0.2) is 41.6 Å². The van der Waals surface area contributed by atoms with Crippen LogP contribution in [0.4, 0.5) is 0 Å². The van der Waals surface area contributed by atoms with Gasteiger partial charge in [-0.15, -0.1) is 0 Å². The van der Waals surface area contributed by atoms with Crippen molar-refractivity contribution in [2.45, 2.75) is 19.8 Å². The van der Waals surface area contributed by atoms with Gasteiger partial charge in [-0.3, -0.25) is 24.1 Å². The molecule has 2 amide bonds. The monoisotopic (exact) mass is 393 g/mol. The number of amides is 2. The highest BCUT2D eigenvalue weighted by atomic mass is 16.5. The first kappa shape index (κ1) is 18.3. The molecule has 1 heterocycles. The molecule has 6 nitrogen and oxygen atoms in total. The largest absolute Gasteiger partial charge is 0.457 e. The van der Waals surface area contributed by atoms with Crippen molar-refractivity contribution in [1.29, 1.82) is 0 Å². The Kier molecular flexibility index (Phi) is 4.19. The summed E-state index contributed by atoms with van der Waals surface area (Å²) in [6.45, 7) is 1.61. The third kappa shape index (κ3) is 2.93. The summed E-state index contributed by atoms with van der Waals surface area (Å²) < 4.78 is 5.07. The molecule has 0 spiro atoms. The van der Waals surface area contributed by atoms with Crippen molar-refractivity contribution in [3.63, 3.8) is 0 Å². The van der Waals surface area contributed by atoms with E-state index in [0.29, 0.717) is 17.4 Å². The third-order valence-electron chi connectivity index (χ3n) is 7.03. The predicted molar refractivity (Wildman–Crippen MR) is 103 cm³/mol. The second-order valence-corrected chi connectivity index (χ2v) is 8.68. The van der Waals surface area contributed by atoms with Gasteiger partial charge in [0.05, 0.1) is 18.3 Å². The third-order valence-corrected chi connectivity index (χ3v) is 7.03. The van der Waals surface area contributed by atoms with E-state index >= 15 is 0 Å². The van der Waals surface area contributed by atoms with Crippen molar-refractivity contribution in [2.75, 3.05) is 13.2 Å². The molecule has 2 saturated carbocycles. The summed E-state index contributed by atoms with van der Waals surface area (Å²) in [6.07, 6.45) is 5.28. The van der Waals surface area contributed by atoms with Gasteiger partial charge in [0, 0.05) is 12.1 Å². The maximum absolute atomic E-state index is 12.9. The number of hydrogen-bond acceptors (Lipinski definition) is 5. The number of likely N-dealkylation sites (tertiary alicyclic amines) is 1. The summed E-state index contributed by atoms with van der Waals surface area (Å²) in [5.41, 5.74) is 1.53. The molecule has 1 aliphatic heterocycles. The fourth-order valence-corrected chi connectivity index (χ4v) is 5.48. The number of aryl methyl sites for hydroxylation is 1. The summed E-state index contributed by atoms with van der Waals surface area (Å²) in [7, 11) is 0. The molecule has 4 aliphatic carbocycles. The Bertz CT molecular complexity index is 897. The Morgan fingerprint density at radius 1 is 1.00 bits per heavy atom. The Morgan fingerprint density at radius 3 is 2.17 bits per heavy atom. The number of ether oxygens (including phenoxy) is 1. The van der Waals surface area contributed by atoms with Crippen molar-refractivity contribution in [2.24, 2.45) is 35.5 Å². The van der Waals surface area contributed by atoms with Gasteiger partial charge in [0.2, 0.25) is 11.8 Å². The fraction of sp³-hybridized carbons (Fsp3) is 0.478. The van der Waals surface area contributed by atoms with Crippen LogP contribution in [0.1, 0.15) is 28.8 Å². The zero-order valence-electron chi connectivity index (χ0n) is 16.2. The fourth-order valence-electron chi connectivity index (χ4n) is 5.48. The lowest BCUT2D eigenvalue weighted by Gasteiger charge is -2.37. The molecule has 150 valence electrons. The average Bonchev–Trinajstić information content (AvgIpc) is 3.50. The molecular formula is C23H23NO5. The minimum Gasteiger partial charge on any atom is -0.457 e. The molecule has 0 N–H and O–H groups in total. The second kappa shape index (κ2) is 6.65.